The number of carbonyl (C=O) groups excluding carboxylic acids is 1. The first-order chi connectivity index (χ1) is 12.1. The van der Waals surface area contributed by atoms with Gasteiger partial charge in [-0.15, -0.1) is 0 Å². The number of halogens is 1. The molecule has 1 atom stereocenters. The minimum atomic E-state index is -3.65. The Balaban J connectivity index is 2.39. The topological polar surface area (TPSA) is 66.5 Å². The fourth-order valence-corrected chi connectivity index (χ4v) is 4.08. The molecule has 0 aromatic heterocycles. The molecule has 0 spiro atoms. The smallest absolute Gasteiger partial charge is 0.248 e. The van der Waals surface area contributed by atoms with E-state index in [1.54, 1.807) is 37.3 Å². The average Bonchev–Trinajstić information content (AvgIpc) is 2.56. The first kappa shape index (κ1) is 20.3. The lowest BCUT2D eigenvalue weighted by atomic mass is 10.1. The van der Waals surface area contributed by atoms with Crippen molar-refractivity contribution < 1.29 is 13.2 Å². The second kappa shape index (κ2) is 8.10. The van der Waals surface area contributed by atoms with Crippen LogP contribution in [0.25, 0.3) is 0 Å². The van der Waals surface area contributed by atoms with Gasteiger partial charge in [-0.05, 0) is 50.1 Å². The number of hydrogen-bond donors (Lipinski definition) is 1. The van der Waals surface area contributed by atoms with E-state index in [4.69, 9.17) is 11.6 Å². The van der Waals surface area contributed by atoms with Gasteiger partial charge in [0.05, 0.1) is 11.9 Å². The molecule has 0 aliphatic carbocycles. The molecule has 26 heavy (non-hydrogen) atoms. The molecular formula is C19H23ClN2O3S. The summed E-state index contributed by atoms with van der Waals surface area (Å²) in [6.45, 7) is 5.54. The van der Waals surface area contributed by atoms with E-state index in [-0.39, 0.29) is 0 Å². The Morgan fingerprint density at radius 3 is 2.31 bits per heavy atom. The second-order valence-electron chi connectivity index (χ2n) is 6.27. The number of rotatable bonds is 6. The number of nitrogens with one attached hydrogen (secondary N) is 1. The lowest BCUT2D eigenvalue weighted by Crippen LogP contribution is -2.47. The molecule has 0 radical (unpaired) electrons. The first-order valence-corrected chi connectivity index (χ1v) is 10.5. The molecule has 1 N–H and O–H groups in total. The molecule has 0 saturated heterocycles. The number of carbonyl (C=O) groups is 1. The number of nitrogens with zero attached hydrogens (tertiary/aromatic N) is 1. The highest BCUT2D eigenvalue weighted by atomic mass is 35.5. The van der Waals surface area contributed by atoms with Gasteiger partial charge in [-0.25, -0.2) is 8.42 Å². The van der Waals surface area contributed by atoms with Crippen molar-refractivity contribution in [2.45, 2.75) is 33.2 Å². The molecular weight excluding hydrogens is 372 g/mol. The van der Waals surface area contributed by atoms with E-state index in [0.717, 1.165) is 17.4 Å². The Labute approximate surface area is 160 Å². The number of aryl methyl sites for hydroxylation is 2. The van der Waals surface area contributed by atoms with Gasteiger partial charge < -0.3 is 5.32 Å². The Morgan fingerprint density at radius 1 is 1.15 bits per heavy atom. The monoisotopic (exact) mass is 394 g/mol. The van der Waals surface area contributed by atoms with Crippen LogP contribution in [-0.4, -0.2) is 26.6 Å². The largest absolute Gasteiger partial charge is 0.324 e. The van der Waals surface area contributed by atoms with Crippen molar-refractivity contribution >= 4 is 38.9 Å². The van der Waals surface area contributed by atoms with Crippen molar-refractivity contribution in [2.75, 3.05) is 15.9 Å². The van der Waals surface area contributed by atoms with E-state index < -0.39 is 22.0 Å². The van der Waals surface area contributed by atoms with Gasteiger partial charge in [-0.1, -0.05) is 42.3 Å². The van der Waals surface area contributed by atoms with Crippen LogP contribution in [0.4, 0.5) is 11.4 Å². The molecule has 0 unspecified atom stereocenters. The highest BCUT2D eigenvalue weighted by molar-refractivity contribution is 7.92. The summed E-state index contributed by atoms with van der Waals surface area (Å²) in [7, 11) is -3.65. The van der Waals surface area contributed by atoms with Crippen molar-refractivity contribution in [3.05, 3.63) is 58.6 Å². The van der Waals surface area contributed by atoms with Crippen LogP contribution in [0, 0.1) is 13.8 Å². The first-order valence-electron chi connectivity index (χ1n) is 8.26. The standard InChI is InChI=1S/C19H23ClN2O3S/c1-5-18(19(23)21-17-12-15(20)9-8-14(17)3)22(26(4,24)25)16-10-6-13(2)7-11-16/h6-12,18H,5H2,1-4H3,(H,21,23)/t18-/m0/s1. The van der Waals surface area contributed by atoms with Crippen LogP contribution in [0.3, 0.4) is 0 Å². The third-order valence-electron chi connectivity index (χ3n) is 4.08. The van der Waals surface area contributed by atoms with Crippen molar-refractivity contribution in [3.8, 4) is 0 Å². The summed E-state index contributed by atoms with van der Waals surface area (Å²) >= 11 is 6.00. The molecule has 0 aliphatic heterocycles. The maximum atomic E-state index is 12.9. The highest BCUT2D eigenvalue weighted by Gasteiger charge is 2.31. The van der Waals surface area contributed by atoms with Gasteiger partial charge in [-0.2, -0.15) is 0 Å². The number of benzene rings is 2. The van der Waals surface area contributed by atoms with Crippen LogP contribution in [0.15, 0.2) is 42.5 Å². The zero-order valence-corrected chi connectivity index (χ0v) is 16.9. The van der Waals surface area contributed by atoms with Crippen LogP contribution < -0.4 is 9.62 Å². The summed E-state index contributed by atoms with van der Waals surface area (Å²) in [4.78, 5) is 12.9. The van der Waals surface area contributed by atoms with Crippen molar-refractivity contribution in [1.82, 2.24) is 0 Å². The molecule has 2 aromatic carbocycles. The summed E-state index contributed by atoms with van der Waals surface area (Å²) in [5.41, 5.74) is 2.88. The molecule has 7 heteroatoms. The highest BCUT2D eigenvalue weighted by Crippen LogP contribution is 2.25. The van der Waals surface area contributed by atoms with E-state index in [0.29, 0.717) is 22.8 Å². The van der Waals surface area contributed by atoms with Crippen molar-refractivity contribution in [3.63, 3.8) is 0 Å². The Kier molecular flexibility index (Phi) is 6.31. The molecule has 0 fully saturated rings. The van der Waals surface area contributed by atoms with E-state index >= 15 is 0 Å². The van der Waals surface area contributed by atoms with E-state index in [1.165, 1.54) is 4.31 Å². The molecule has 2 aromatic rings. The van der Waals surface area contributed by atoms with Crippen LogP contribution in [0.2, 0.25) is 5.02 Å². The summed E-state index contributed by atoms with van der Waals surface area (Å²) in [5.74, 6) is -0.399. The van der Waals surface area contributed by atoms with Gasteiger partial charge in [0.1, 0.15) is 6.04 Å². The summed E-state index contributed by atoms with van der Waals surface area (Å²) in [6, 6.07) is 11.4. The van der Waals surface area contributed by atoms with Gasteiger partial charge >= 0.3 is 0 Å². The van der Waals surface area contributed by atoms with Gasteiger partial charge in [-0.3, -0.25) is 9.10 Å². The van der Waals surface area contributed by atoms with Crippen molar-refractivity contribution in [1.29, 1.82) is 0 Å². The Bertz CT molecular complexity index is 896. The molecule has 0 saturated carbocycles. The molecule has 0 heterocycles. The van der Waals surface area contributed by atoms with Crippen LogP contribution in [0.5, 0.6) is 0 Å². The molecule has 1 amide bonds. The molecule has 0 aliphatic rings. The number of anilines is 2. The molecule has 2 rings (SSSR count). The molecule has 0 bridgehead atoms. The predicted molar refractivity (Wildman–Crippen MR) is 107 cm³/mol. The zero-order valence-electron chi connectivity index (χ0n) is 15.3. The fraction of sp³-hybridized carbons (Fsp3) is 0.316. The predicted octanol–water partition coefficient (Wildman–Crippen LogP) is 4.14. The minimum absolute atomic E-state index is 0.326. The summed E-state index contributed by atoms with van der Waals surface area (Å²) < 4.78 is 26.0. The molecule has 140 valence electrons. The Hall–Kier alpha value is -2.05. The maximum Gasteiger partial charge on any atom is 0.248 e. The second-order valence-corrected chi connectivity index (χ2v) is 8.56. The van der Waals surface area contributed by atoms with E-state index in [9.17, 15) is 13.2 Å². The number of hydrogen-bond acceptors (Lipinski definition) is 3. The third-order valence-corrected chi connectivity index (χ3v) is 5.49. The van der Waals surface area contributed by atoms with Crippen molar-refractivity contribution in [2.24, 2.45) is 0 Å². The molecule has 5 nitrogen and oxygen atoms in total. The van der Waals surface area contributed by atoms with Crippen LogP contribution >= 0.6 is 11.6 Å². The van der Waals surface area contributed by atoms with Crippen LogP contribution in [-0.2, 0) is 14.8 Å². The number of sulfonamides is 1. The lowest BCUT2D eigenvalue weighted by Gasteiger charge is -2.30. The zero-order chi connectivity index (χ0) is 19.5. The van der Waals surface area contributed by atoms with Gasteiger partial charge in [0.2, 0.25) is 15.9 Å². The normalized spacial score (nSPS) is 12.5. The lowest BCUT2D eigenvalue weighted by molar-refractivity contribution is -0.117. The van der Waals surface area contributed by atoms with E-state index in [1.807, 2.05) is 26.0 Å². The van der Waals surface area contributed by atoms with Gasteiger partial charge in [0.15, 0.2) is 0 Å². The van der Waals surface area contributed by atoms with Crippen LogP contribution in [0.1, 0.15) is 24.5 Å². The summed E-state index contributed by atoms with van der Waals surface area (Å²) in [5, 5.41) is 3.30. The minimum Gasteiger partial charge on any atom is -0.324 e. The van der Waals surface area contributed by atoms with E-state index in [2.05, 4.69) is 5.32 Å². The van der Waals surface area contributed by atoms with Gasteiger partial charge in [0.25, 0.3) is 0 Å². The Morgan fingerprint density at radius 2 is 1.77 bits per heavy atom. The van der Waals surface area contributed by atoms with Gasteiger partial charge in [0, 0.05) is 10.7 Å². The average molecular weight is 395 g/mol. The SMILES string of the molecule is CC[C@@H](C(=O)Nc1cc(Cl)ccc1C)N(c1ccc(C)cc1)S(C)(=O)=O. The fourth-order valence-electron chi connectivity index (χ4n) is 2.70. The third kappa shape index (κ3) is 4.77. The number of amides is 1. The maximum absolute atomic E-state index is 12.9. The quantitative estimate of drug-likeness (QED) is 0.800. The summed E-state index contributed by atoms with van der Waals surface area (Å²) in [6.07, 6.45) is 1.43.